The molecule has 3 aliphatic rings. The van der Waals surface area contributed by atoms with Crippen molar-refractivity contribution in [3.8, 4) is 0 Å². The molecular formula is C20H16N4O4. The SMILES string of the molecule is C=CCN1CC2CC1=C1C(=O)N(c3ccc([N+](=O)[O-])c4ccccc34)C(=O)N12. The lowest BCUT2D eigenvalue weighted by Gasteiger charge is -2.28. The smallest absolute Gasteiger partial charge is 0.336 e. The normalized spacial score (nSPS) is 20.6. The number of imide groups is 1. The molecule has 3 aliphatic heterocycles. The van der Waals surface area contributed by atoms with Crippen LogP contribution >= 0.6 is 0 Å². The number of benzene rings is 2. The number of amides is 3. The van der Waals surface area contributed by atoms with Crippen LogP contribution in [0.1, 0.15) is 6.42 Å². The average molecular weight is 376 g/mol. The molecule has 8 nitrogen and oxygen atoms in total. The van der Waals surface area contributed by atoms with Crippen LogP contribution in [0.2, 0.25) is 0 Å². The fourth-order valence-corrected chi connectivity index (χ4v) is 4.48. The van der Waals surface area contributed by atoms with Gasteiger partial charge in [-0.05, 0) is 12.1 Å². The lowest BCUT2D eigenvalue weighted by molar-refractivity contribution is -0.383. The Kier molecular flexibility index (Phi) is 3.33. The van der Waals surface area contributed by atoms with Crippen LogP contribution in [0.25, 0.3) is 10.8 Å². The predicted molar refractivity (Wildman–Crippen MR) is 103 cm³/mol. The quantitative estimate of drug-likeness (QED) is 0.354. The zero-order chi connectivity index (χ0) is 19.6. The largest absolute Gasteiger partial charge is 0.367 e. The highest BCUT2D eigenvalue weighted by molar-refractivity contribution is 6.30. The van der Waals surface area contributed by atoms with Gasteiger partial charge in [0.1, 0.15) is 5.70 Å². The lowest BCUT2D eigenvalue weighted by atomic mass is 10.1. The van der Waals surface area contributed by atoms with Gasteiger partial charge in [0.2, 0.25) is 0 Å². The first kappa shape index (κ1) is 16.5. The van der Waals surface area contributed by atoms with Crippen molar-refractivity contribution in [3.63, 3.8) is 0 Å². The number of non-ortho nitro benzene ring substituents is 1. The molecule has 140 valence electrons. The molecule has 1 unspecified atom stereocenters. The van der Waals surface area contributed by atoms with Gasteiger partial charge in [0.25, 0.3) is 11.6 Å². The summed E-state index contributed by atoms with van der Waals surface area (Å²) in [5.41, 5.74) is 1.61. The topological polar surface area (TPSA) is 87.0 Å². The fraction of sp³-hybridized carbons (Fsp3) is 0.200. The molecule has 0 aromatic heterocycles. The van der Waals surface area contributed by atoms with Crippen LogP contribution in [-0.4, -0.2) is 45.8 Å². The third-order valence-corrected chi connectivity index (χ3v) is 5.59. The van der Waals surface area contributed by atoms with E-state index in [0.29, 0.717) is 41.7 Å². The van der Waals surface area contributed by atoms with Gasteiger partial charge in [0.05, 0.1) is 22.0 Å². The van der Waals surface area contributed by atoms with Crippen molar-refractivity contribution in [2.45, 2.75) is 12.5 Å². The zero-order valence-corrected chi connectivity index (χ0v) is 14.9. The molecule has 0 spiro atoms. The summed E-state index contributed by atoms with van der Waals surface area (Å²) in [4.78, 5) is 42.0. The second kappa shape index (κ2) is 5.66. The third-order valence-electron chi connectivity index (χ3n) is 5.59. The molecule has 2 bridgehead atoms. The van der Waals surface area contributed by atoms with E-state index in [9.17, 15) is 19.7 Å². The van der Waals surface area contributed by atoms with Gasteiger partial charge in [0.15, 0.2) is 0 Å². The molecule has 0 saturated carbocycles. The first-order valence-corrected chi connectivity index (χ1v) is 8.95. The molecule has 3 heterocycles. The van der Waals surface area contributed by atoms with Crippen LogP contribution < -0.4 is 4.90 Å². The summed E-state index contributed by atoms with van der Waals surface area (Å²) in [5.74, 6) is -0.379. The number of anilines is 1. The number of carbonyl (C=O) groups is 2. The Morgan fingerprint density at radius 1 is 1.18 bits per heavy atom. The van der Waals surface area contributed by atoms with Crippen LogP contribution in [0.4, 0.5) is 16.2 Å². The molecule has 8 heteroatoms. The molecular weight excluding hydrogens is 360 g/mol. The Hall–Kier alpha value is -3.68. The van der Waals surface area contributed by atoms with Gasteiger partial charge in [-0.1, -0.05) is 24.3 Å². The number of likely N-dealkylation sites (tertiary alicyclic amines) is 1. The second-order valence-electron chi connectivity index (χ2n) is 7.05. The molecule has 5 rings (SSSR count). The monoisotopic (exact) mass is 376 g/mol. The summed E-state index contributed by atoms with van der Waals surface area (Å²) < 4.78 is 0. The summed E-state index contributed by atoms with van der Waals surface area (Å²) in [6.07, 6.45) is 2.46. The first-order valence-electron chi connectivity index (χ1n) is 8.95. The summed E-state index contributed by atoms with van der Waals surface area (Å²) >= 11 is 0. The van der Waals surface area contributed by atoms with Crippen LogP contribution in [0.15, 0.2) is 60.4 Å². The molecule has 28 heavy (non-hydrogen) atoms. The molecule has 2 fully saturated rings. The number of nitro benzene ring substituents is 1. The molecule has 2 aromatic rings. The van der Waals surface area contributed by atoms with E-state index in [-0.39, 0.29) is 17.6 Å². The third kappa shape index (κ3) is 1.99. The summed E-state index contributed by atoms with van der Waals surface area (Å²) in [6.45, 7) is 5.06. The highest BCUT2D eigenvalue weighted by atomic mass is 16.6. The Bertz CT molecular complexity index is 1120. The maximum absolute atomic E-state index is 13.2. The second-order valence-corrected chi connectivity index (χ2v) is 7.05. The number of fused-ring (bicyclic) bond motifs is 5. The molecule has 0 radical (unpaired) electrons. The number of carbonyl (C=O) groups excluding carboxylic acids is 2. The van der Waals surface area contributed by atoms with Crippen molar-refractivity contribution in [2.75, 3.05) is 18.0 Å². The van der Waals surface area contributed by atoms with E-state index in [4.69, 9.17) is 0 Å². The van der Waals surface area contributed by atoms with Crippen molar-refractivity contribution in [1.29, 1.82) is 0 Å². The molecule has 2 aromatic carbocycles. The van der Waals surface area contributed by atoms with Gasteiger partial charge in [-0.25, -0.2) is 9.69 Å². The van der Waals surface area contributed by atoms with Gasteiger partial charge in [-0.3, -0.25) is 19.8 Å². The number of nitrogens with zero attached hydrogens (tertiary/aromatic N) is 4. The summed E-state index contributed by atoms with van der Waals surface area (Å²) in [6, 6.07) is 9.12. The minimum Gasteiger partial charge on any atom is -0.367 e. The lowest BCUT2D eigenvalue weighted by Crippen LogP contribution is -2.41. The maximum atomic E-state index is 13.2. The number of hydrogen-bond acceptors (Lipinski definition) is 5. The molecule has 0 N–H and O–H groups in total. The van der Waals surface area contributed by atoms with Crippen LogP contribution in [-0.2, 0) is 4.79 Å². The first-order chi connectivity index (χ1) is 13.5. The van der Waals surface area contributed by atoms with Crippen molar-refractivity contribution >= 4 is 34.1 Å². The summed E-state index contributed by atoms with van der Waals surface area (Å²) in [7, 11) is 0. The maximum Gasteiger partial charge on any atom is 0.336 e. The highest BCUT2D eigenvalue weighted by Crippen LogP contribution is 2.45. The number of urea groups is 1. The van der Waals surface area contributed by atoms with E-state index in [2.05, 4.69) is 11.5 Å². The Morgan fingerprint density at radius 3 is 2.64 bits per heavy atom. The van der Waals surface area contributed by atoms with E-state index < -0.39 is 11.0 Å². The highest BCUT2D eigenvalue weighted by Gasteiger charge is 2.55. The minimum atomic E-state index is -0.462. The summed E-state index contributed by atoms with van der Waals surface area (Å²) in [5, 5.41) is 12.3. The Morgan fingerprint density at radius 2 is 1.93 bits per heavy atom. The van der Waals surface area contributed by atoms with E-state index >= 15 is 0 Å². The van der Waals surface area contributed by atoms with Crippen molar-refractivity contribution in [2.24, 2.45) is 0 Å². The van der Waals surface area contributed by atoms with Gasteiger partial charge in [-0.15, -0.1) is 6.58 Å². The van der Waals surface area contributed by atoms with Gasteiger partial charge >= 0.3 is 6.03 Å². The number of rotatable bonds is 4. The van der Waals surface area contributed by atoms with Crippen molar-refractivity contribution in [3.05, 3.63) is 70.6 Å². The number of hydrogen-bond donors (Lipinski definition) is 0. The van der Waals surface area contributed by atoms with Crippen LogP contribution in [0.3, 0.4) is 0 Å². The number of nitro groups is 1. The average Bonchev–Trinajstić information content (AvgIpc) is 3.33. The predicted octanol–water partition coefficient (Wildman–Crippen LogP) is 3.00. The van der Waals surface area contributed by atoms with Crippen molar-refractivity contribution < 1.29 is 14.5 Å². The minimum absolute atomic E-state index is 0.0572. The van der Waals surface area contributed by atoms with Gasteiger partial charge in [0, 0.05) is 36.7 Å². The van der Waals surface area contributed by atoms with Gasteiger partial charge in [-0.2, -0.15) is 0 Å². The van der Waals surface area contributed by atoms with E-state index in [0.717, 1.165) is 10.6 Å². The van der Waals surface area contributed by atoms with Crippen LogP contribution in [0.5, 0.6) is 0 Å². The van der Waals surface area contributed by atoms with E-state index in [1.807, 2.05) is 0 Å². The Balaban J connectivity index is 1.66. The zero-order valence-electron chi connectivity index (χ0n) is 14.9. The van der Waals surface area contributed by atoms with Crippen molar-refractivity contribution in [1.82, 2.24) is 9.80 Å². The van der Waals surface area contributed by atoms with E-state index in [1.54, 1.807) is 35.2 Å². The Labute approximate surface area is 160 Å². The van der Waals surface area contributed by atoms with Crippen LogP contribution in [0, 0.1) is 10.1 Å². The van der Waals surface area contributed by atoms with E-state index in [1.165, 1.54) is 12.1 Å². The molecule has 0 aliphatic carbocycles. The molecule has 2 saturated heterocycles. The molecule has 3 amide bonds. The molecule has 1 atom stereocenters. The standard InChI is InChI=1S/C20H16N4O4/c1-2-9-21-11-12-10-17(21)18-19(25)23(20(26)22(12)18)15-7-8-16(24(27)28)14-6-4-3-5-13(14)15/h2-8,12H,1,9-11H2. The van der Waals surface area contributed by atoms with Gasteiger partial charge < -0.3 is 4.90 Å². The fourth-order valence-electron chi connectivity index (χ4n) is 4.48.